The average Bonchev–Trinajstić information content (AvgIpc) is 1.81. The van der Waals surface area contributed by atoms with Crippen molar-refractivity contribution in [1.29, 1.82) is 0 Å². The Hall–Kier alpha value is -0.740. The number of terminal acetylenes is 1. The number of rotatable bonds is 3. The Kier molecular flexibility index (Phi) is 5.68. The van der Waals surface area contributed by atoms with Crippen molar-refractivity contribution >= 4 is 0 Å². The first-order valence-corrected chi connectivity index (χ1v) is 2.61. The first-order valence-electron chi connectivity index (χ1n) is 2.61. The predicted molar refractivity (Wildman–Crippen MR) is 34.3 cm³/mol. The Labute approximate surface area is 50.0 Å². The third-order valence-electron chi connectivity index (χ3n) is 0.727. The molecule has 0 aliphatic heterocycles. The number of allylic oxidation sites excluding steroid dienone is 1. The van der Waals surface area contributed by atoms with E-state index in [0.717, 1.165) is 12.8 Å². The highest BCUT2D eigenvalue weighted by Crippen LogP contribution is 1.86. The van der Waals surface area contributed by atoms with Crippen molar-refractivity contribution in [2.24, 2.45) is 0 Å². The molecule has 0 aliphatic rings. The van der Waals surface area contributed by atoms with E-state index in [2.05, 4.69) is 5.92 Å². The number of hydrogen-bond acceptors (Lipinski definition) is 1. The molecule has 0 radical (unpaired) electrons. The van der Waals surface area contributed by atoms with E-state index in [4.69, 9.17) is 11.5 Å². The Morgan fingerprint density at radius 2 is 2.25 bits per heavy atom. The van der Waals surface area contributed by atoms with E-state index in [1.54, 1.807) is 6.08 Å². The molecule has 1 nitrogen and oxygen atoms in total. The van der Waals surface area contributed by atoms with Crippen molar-refractivity contribution in [3.63, 3.8) is 0 Å². The van der Waals surface area contributed by atoms with Crippen LogP contribution in [-0.2, 0) is 0 Å². The SMILES string of the molecule is C#CCC/C=C/CO. The molecule has 0 atom stereocenters. The molecule has 0 fully saturated rings. The largest absolute Gasteiger partial charge is 0.392 e. The van der Waals surface area contributed by atoms with Crippen LogP contribution in [0.2, 0.25) is 0 Å². The lowest BCUT2D eigenvalue weighted by atomic mass is 10.3. The van der Waals surface area contributed by atoms with Crippen LogP contribution in [0.5, 0.6) is 0 Å². The van der Waals surface area contributed by atoms with Crippen molar-refractivity contribution in [2.75, 3.05) is 6.61 Å². The summed E-state index contributed by atoms with van der Waals surface area (Å²) in [6, 6.07) is 0. The van der Waals surface area contributed by atoms with Gasteiger partial charge in [-0.05, 0) is 6.42 Å². The van der Waals surface area contributed by atoms with Gasteiger partial charge in [-0.25, -0.2) is 0 Å². The molecular weight excluding hydrogens is 100 g/mol. The third-order valence-corrected chi connectivity index (χ3v) is 0.727. The van der Waals surface area contributed by atoms with Gasteiger partial charge in [0.25, 0.3) is 0 Å². The maximum Gasteiger partial charge on any atom is 0.0612 e. The molecule has 0 aromatic rings. The fraction of sp³-hybridized carbons (Fsp3) is 0.429. The van der Waals surface area contributed by atoms with Gasteiger partial charge < -0.3 is 5.11 Å². The Morgan fingerprint density at radius 3 is 2.75 bits per heavy atom. The van der Waals surface area contributed by atoms with Gasteiger partial charge >= 0.3 is 0 Å². The second-order valence-corrected chi connectivity index (χ2v) is 1.40. The highest BCUT2D eigenvalue weighted by atomic mass is 16.2. The average molecular weight is 110 g/mol. The highest BCUT2D eigenvalue weighted by molar-refractivity contribution is 4.89. The molecule has 0 heterocycles. The Morgan fingerprint density at radius 1 is 1.50 bits per heavy atom. The number of aliphatic hydroxyl groups excluding tert-OH is 1. The minimum absolute atomic E-state index is 0.116. The van der Waals surface area contributed by atoms with E-state index in [0.29, 0.717) is 0 Å². The minimum atomic E-state index is 0.116. The quantitative estimate of drug-likeness (QED) is 0.326. The monoisotopic (exact) mass is 110 g/mol. The highest BCUT2D eigenvalue weighted by Gasteiger charge is 1.71. The van der Waals surface area contributed by atoms with Crippen LogP contribution in [0.25, 0.3) is 0 Å². The van der Waals surface area contributed by atoms with E-state index in [9.17, 15) is 0 Å². The van der Waals surface area contributed by atoms with Crippen molar-refractivity contribution in [1.82, 2.24) is 0 Å². The van der Waals surface area contributed by atoms with Gasteiger partial charge in [0.15, 0.2) is 0 Å². The molecule has 1 heteroatoms. The van der Waals surface area contributed by atoms with Crippen LogP contribution in [-0.4, -0.2) is 11.7 Å². The van der Waals surface area contributed by atoms with Gasteiger partial charge in [-0.3, -0.25) is 0 Å². The molecule has 44 valence electrons. The molecule has 0 rings (SSSR count). The van der Waals surface area contributed by atoms with E-state index in [1.807, 2.05) is 6.08 Å². The summed E-state index contributed by atoms with van der Waals surface area (Å²) in [6.07, 6.45) is 10.2. The lowest BCUT2D eigenvalue weighted by Gasteiger charge is -1.79. The zero-order valence-corrected chi connectivity index (χ0v) is 4.80. The lowest BCUT2D eigenvalue weighted by molar-refractivity contribution is 0.342. The van der Waals surface area contributed by atoms with E-state index in [1.165, 1.54) is 0 Å². The van der Waals surface area contributed by atoms with E-state index < -0.39 is 0 Å². The second kappa shape index (κ2) is 6.26. The second-order valence-electron chi connectivity index (χ2n) is 1.40. The summed E-state index contributed by atoms with van der Waals surface area (Å²) in [4.78, 5) is 0. The zero-order chi connectivity index (χ0) is 6.24. The normalized spacial score (nSPS) is 9.50. The summed E-state index contributed by atoms with van der Waals surface area (Å²) in [5, 5.41) is 8.23. The fourth-order valence-corrected chi connectivity index (χ4v) is 0.359. The van der Waals surface area contributed by atoms with Gasteiger partial charge in [0, 0.05) is 6.42 Å². The molecule has 0 amide bonds. The molecule has 0 spiro atoms. The zero-order valence-electron chi connectivity index (χ0n) is 4.80. The third kappa shape index (κ3) is 5.26. The number of unbranched alkanes of at least 4 members (excludes halogenated alkanes) is 1. The van der Waals surface area contributed by atoms with Crippen LogP contribution in [0.4, 0.5) is 0 Å². The minimum Gasteiger partial charge on any atom is -0.392 e. The van der Waals surface area contributed by atoms with Crippen LogP contribution in [0.3, 0.4) is 0 Å². The van der Waals surface area contributed by atoms with E-state index in [-0.39, 0.29) is 6.61 Å². The van der Waals surface area contributed by atoms with Gasteiger partial charge in [0.1, 0.15) is 0 Å². The molecule has 0 unspecified atom stereocenters. The van der Waals surface area contributed by atoms with Crippen LogP contribution >= 0.6 is 0 Å². The van der Waals surface area contributed by atoms with Crippen LogP contribution < -0.4 is 0 Å². The summed E-state index contributed by atoms with van der Waals surface area (Å²) < 4.78 is 0. The summed E-state index contributed by atoms with van der Waals surface area (Å²) >= 11 is 0. The maximum absolute atomic E-state index is 8.23. The van der Waals surface area contributed by atoms with Crippen molar-refractivity contribution < 1.29 is 5.11 Å². The fourth-order valence-electron chi connectivity index (χ4n) is 0.359. The molecule has 1 N–H and O–H groups in total. The summed E-state index contributed by atoms with van der Waals surface area (Å²) in [7, 11) is 0. The molecular formula is C7H10O. The van der Waals surface area contributed by atoms with Gasteiger partial charge in [-0.15, -0.1) is 12.3 Å². The molecule has 0 aromatic carbocycles. The van der Waals surface area contributed by atoms with Crippen molar-refractivity contribution in [3.05, 3.63) is 12.2 Å². The van der Waals surface area contributed by atoms with E-state index >= 15 is 0 Å². The molecule has 0 saturated heterocycles. The molecule has 8 heavy (non-hydrogen) atoms. The summed E-state index contributed by atoms with van der Waals surface area (Å²) in [5.41, 5.74) is 0. The van der Waals surface area contributed by atoms with Gasteiger partial charge in [0.05, 0.1) is 6.61 Å². The Balaban J connectivity index is 2.94. The topological polar surface area (TPSA) is 20.2 Å². The smallest absolute Gasteiger partial charge is 0.0612 e. The van der Waals surface area contributed by atoms with Gasteiger partial charge in [0.2, 0.25) is 0 Å². The van der Waals surface area contributed by atoms with Gasteiger partial charge in [-0.2, -0.15) is 0 Å². The molecule has 0 bridgehead atoms. The lowest BCUT2D eigenvalue weighted by Crippen LogP contribution is -1.70. The van der Waals surface area contributed by atoms with Crippen molar-refractivity contribution in [2.45, 2.75) is 12.8 Å². The summed E-state index contributed by atoms with van der Waals surface area (Å²) in [5.74, 6) is 2.49. The van der Waals surface area contributed by atoms with Crippen molar-refractivity contribution in [3.8, 4) is 12.3 Å². The van der Waals surface area contributed by atoms with Crippen LogP contribution in [0, 0.1) is 12.3 Å². The molecule has 0 aromatic heterocycles. The summed E-state index contributed by atoms with van der Waals surface area (Å²) in [6.45, 7) is 0.116. The van der Waals surface area contributed by atoms with Gasteiger partial charge in [-0.1, -0.05) is 12.2 Å². The van der Waals surface area contributed by atoms with Crippen LogP contribution in [0.1, 0.15) is 12.8 Å². The maximum atomic E-state index is 8.23. The van der Waals surface area contributed by atoms with Crippen LogP contribution in [0.15, 0.2) is 12.2 Å². The number of hydrogen-bond donors (Lipinski definition) is 1. The first kappa shape index (κ1) is 7.26. The molecule has 0 aliphatic carbocycles. The first-order chi connectivity index (χ1) is 3.91. The number of aliphatic hydroxyl groups is 1. The standard InChI is InChI=1S/C7H10O/c1-2-3-4-5-6-7-8/h1,5-6,8H,3-4,7H2/b6-5+. The molecule has 0 saturated carbocycles. The predicted octanol–water partition coefficient (Wildman–Crippen LogP) is 0.948. The Bertz CT molecular complexity index is 97.4.